The highest BCUT2D eigenvalue weighted by Crippen LogP contribution is 2.49. The third kappa shape index (κ3) is 5.63. The molecule has 11 rings (SSSR count). The van der Waals surface area contributed by atoms with Gasteiger partial charge in [0.25, 0.3) is 0 Å². The topological polar surface area (TPSA) is 8.17 Å². The molecule has 58 heavy (non-hydrogen) atoms. The molecule has 2 nitrogen and oxygen atoms in total. The highest BCUT2D eigenvalue weighted by Gasteiger charge is 2.31. The van der Waals surface area contributed by atoms with E-state index in [2.05, 4.69) is 224 Å². The lowest BCUT2D eigenvalue weighted by Crippen LogP contribution is -2.25. The van der Waals surface area contributed by atoms with Crippen molar-refractivity contribution in [2.24, 2.45) is 0 Å². The van der Waals surface area contributed by atoms with Crippen molar-refractivity contribution in [3.05, 3.63) is 222 Å². The van der Waals surface area contributed by atoms with E-state index in [1.54, 1.807) is 0 Å². The van der Waals surface area contributed by atoms with Crippen LogP contribution in [-0.4, -0.2) is 4.57 Å². The Morgan fingerprint density at radius 1 is 0.586 bits per heavy atom. The summed E-state index contributed by atoms with van der Waals surface area (Å²) in [5.74, 6) is 0.371. The van der Waals surface area contributed by atoms with Gasteiger partial charge in [0.2, 0.25) is 0 Å². The van der Waals surface area contributed by atoms with Crippen LogP contribution in [0.1, 0.15) is 47.7 Å². The maximum atomic E-state index is 2.55. The Bertz CT molecular complexity index is 3020. The molecule has 8 aromatic carbocycles. The van der Waals surface area contributed by atoms with Gasteiger partial charge in [0, 0.05) is 50.7 Å². The number of para-hydroxylation sites is 1. The van der Waals surface area contributed by atoms with Crippen LogP contribution in [0.3, 0.4) is 0 Å². The molecule has 0 bridgehead atoms. The highest BCUT2D eigenvalue weighted by molar-refractivity contribution is 6.16. The quantitative estimate of drug-likeness (QED) is 0.165. The lowest BCUT2D eigenvalue weighted by molar-refractivity contribution is 0.587. The molecule has 0 radical (unpaired) electrons. The molecule has 2 aliphatic rings. The summed E-state index contributed by atoms with van der Waals surface area (Å²) in [6.45, 7) is 4.75. The van der Waals surface area contributed by atoms with Crippen molar-refractivity contribution in [1.29, 1.82) is 0 Å². The van der Waals surface area contributed by atoms with Crippen LogP contribution < -0.4 is 4.90 Å². The van der Waals surface area contributed by atoms with Gasteiger partial charge in [-0.25, -0.2) is 0 Å². The molecule has 0 fully saturated rings. The maximum Gasteiger partial charge on any atom is 0.0544 e. The number of hydrogen-bond acceptors (Lipinski definition) is 1. The van der Waals surface area contributed by atoms with Gasteiger partial charge >= 0.3 is 0 Å². The van der Waals surface area contributed by atoms with Gasteiger partial charge < -0.3 is 9.47 Å². The van der Waals surface area contributed by atoms with Gasteiger partial charge in [-0.05, 0) is 117 Å². The Kier molecular flexibility index (Phi) is 8.08. The van der Waals surface area contributed by atoms with Crippen molar-refractivity contribution in [2.75, 3.05) is 4.90 Å². The second-order valence-corrected chi connectivity index (χ2v) is 16.5. The van der Waals surface area contributed by atoms with E-state index >= 15 is 0 Å². The number of nitrogens with zero attached hydrogens (tertiary/aromatic N) is 2. The van der Waals surface area contributed by atoms with Crippen molar-refractivity contribution >= 4 is 44.8 Å². The van der Waals surface area contributed by atoms with Crippen LogP contribution in [0.15, 0.2) is 194 Å². The molecule has 0 N–H and O–H groups in total. The molecule has 0 saturated heterocycles. The minimum Gasteiger partial charge on any atom is -0.313 e. The lowest BCUT2D eigenvalue weighted by atomic mass is 9.73. The Labute approximate surface area is 341 Å². The number of aromatic nitrogens is 1. The molecule has 1 heterocycles. The van der Waals surface area contributed by atoms with Crippen LogP contribution in [0.4, 0.5) is 17.1 Å². The minimum atomic E-state index is -0.0524. The average molecular weight is 745 g/mol. The van der Waals surface area contributed by atoms with Gasteiger partial charge in [-0.1, -0.05) is 159 Å². The monoisotopic (exact) mass is 744 g/mol. The van der Waals surface area contributed by atoms with E-state index in [1.165, 1.54) is 77.6 Å². The van der Waals surface area contributed by atoms with Crippen LogP contribution in [0.2, 0.25) is 0 Å². The van der Waals surface area contributed by atoms with Crippen molar-refractivity contribution in [3.63, 3.8) is 0 Å². The number of benzene rings is 8. The molecule has 2 aliphatic carbocycles. The van der Waals surface area contributed by atoms with E-state index < -0.39 is 0 Å². The molecular weight excluding hydrogens is 701 g/mol. The summed E-state index contributed by atoms with van der Waals surface area (Å²) in [6, 6.07) is 69.4. The second-order valence-electron chi connectivity index (χ2n) is 16.5. The van der Waals surface area contributed by atoms with Crippen LogP contribution in [0.25, 0.3) is 55.7 Å². The number of fused-ring (bicyclic) bond motifs is 8. The van der Waals surface area contributed by atoms with Gasteiger partial charge in [-0.15, -0.1) is 0 Å². The molecule has 1 aromatic heterocycles. The smallest absolute Gasteiger partial charge is 0.0544 e. The average Bonchev–Trinajstić information content (AvgIpc) is 3.64. The first-order valence-corrected chi connectivity index (χ1v) is 20.6. The van der Waals surface area contributed by atoms with Gasteiger partial charge in [0.05, 0.1) is 5.52 Å². The standard InChI is InChI=1S/C56H44N2/c1-38-35-43-15-9-11-22-51(43)54-53-50-21-10-8-14-41(50)25-32-52(53)58(55(38)54)49-20-12-17-42(36-49)40-23-28-47(29-24-40)57(46-18-4-3-5-19-46)48-30-26-45(27-31-48)56(2)34-33-39-13-6-7-16-44(39)37-56/h3-34,36,38H,35,37H2,1-2H3. The van der Waals surface area contributed by atoms with Crippen molar-refractivity contribution in [1.82, 2.24) is 4.57 Å². The molecule has 2 atom stereocenters. The predicted molar refractivity (Wildman–Crippen MR) is 245 cm³/mol. The molecule has 9 aromatic rings. The fraction of sp³-hybridized carbons (Fsp3) is 0.107. The van der Waals surface area contributed by atoms with E-state index in [-0.39, 0.29) is 5.41 Å². The van der Waals surface area contributed by atoms with E-state index in [0.29, 0.717) is 5.92 Å². The van der Waals surface area contributed by atoms with E-state index in [4.69, 9.17) is 0 Å². The van der Waals surface area contributed by atoms with Gasteiger partial charge in [0.15, 0.2) is 0 Å². The zero-order valence-electron chi connectivity index (χ0n) is 32.9. The van der Waals surface area contributed by atoms with E-state index in [0.717, 1.165) is 29.9 Å². The maximum absolute atomic E-state index is 2.55. The molecule has 0 spiro atoms. The van der Waals surface area contributed by atoms with Crippen LogP contribution in [0, 0.1) is 0 Å². The molecule has 2 heteroatoms. The van der Waals surface area contributed by atoms with Crippen LogP contribution in [0.5, 0.6) is 0 Å². The van der Waals surface area contributed by atoms with Gasteiger partial charge in [-0.2, -0.15) is 0 Å². The van der Waals surface area contributed by atoms with Gasteiger partial charge in [0.1, 0.15) is 0 Å². The zero-order chi connectivity index (χ0) is 38.8. The Morgan fingerprint density at radius 2 is 1.28 bits per heavy atom. The fourth-order valence-electron chi connectivity index (χ4n) is 9.89. The zero-order valence-corrected chi connectivity index (χ0v) is 32.9. The number of hydrogen-bond donors (Lipinski definition) is 0. The van der Waals surface area contributed by atoms with Crippen molar-refractivity contribution in [2.45, 2.75) is 38.0 Å². The number of rotatable bonds is 6. The molecule has 278 valence electrons. The molecule has 2 unspecified atom stereocenters. The fourth-order valence-corrected chi connectivity index (χ4v) is 9.89. The van der Waals surface area contributed by atoms with E-state index in [1.807, 2.05) is 0 Å². The van der Waals surface area contributed by atoms with Crippen molar-refractivity contribution in [3.8, 4) is 27.9 Å². The normalized spacial score (nSPS) is 16.8. The Morgan fingerprint density at radius 3 is 2.10 bits per heavy atom. The predicted octanol–water partition coefficient (Wildman–Crippen LogP) is 14.8. The van der Waals surface area contributed by atoms with Crippen LogP contribution in [-0.2, 0) is 18.3 Å². The number of anilines is 3. The highest BCUT2D eigenvalue weighted by atomic mass is 15.1. The SMILES string of the molecule is CC1Cc2ccccc2-c2c1n(-c1cccc(-c3ccc(N(c4ccccc4)c4ccc(C5(C)C=Cc6ccccc6C5)cc4)cc3)c1)c1ccc3ccccc3c21. The summed E-state index contributed by atoms with van der Waals surface area (Å²) in [6.07, 6.45) is 6.69. The summed E-state index contributed by atoms with van der Waals surface area (Å²) in [5.41, 5.74) is 17.9. The summed E-state index contributed by atoms with van der Waals surface area (Å²) >= 11 is 0. The van der Waals surface area contributed by atoms with Crippen molar-refractivity contribution < 1.29 is 0 Å². The first-order chi connectivity index (χ1) is 28.5. The Balaban J connectivity index is 0.969. The minimum absolute atomic E-state index is 0.0524. The largest absolute Gasteiger partial charge is 0.313 e. The summed E-state index contributed by atoms with van der Waals surface area (Å²) < 4.78 is 2.55. The van der Waals surface area contributed by atoms with E-state index in [9.17, 15) is 0 Å². The lowest BCUT2D eigenvalue weighted by Gasteiger charge is -2.32. The molecule has 0 amide bonds. The summed E-state index contributed by atoms with van der Waals surface area (Å²) in [5, 5.41) is 3.95. The summed E-state index contributed by atoms with van der Waals surface area (Å²) in [7, 11) is 0. The molecule has 0 saturated carbocycles. The molecular formula is C56H44N2. The summed E-state index contributed by atoms with van der Waals surface area (Å²) in [4.78, 5) is 2.36. The molecule has 0 aliphatic heterocycles. The first-order valence-electron chi connectivity index (χ1n) is 20.6. The first kappa shape index (κ1) is 34.4. The van der Waals surface area contributed by atoms with Gasteiger partial charge in [-0.3, -0.25) is 0 Å². The third-order valence-corrected chi connectivity index (χ3v) is 12.8. The Hall–Kier alpha value is -6.90. The number of allylic oxidation sites excluding steroid dienone is 1. The van der Waals surface area contributed by atoms with Crippen LogP contribution >= 0.6 is 0 Å². The third-order valence-electron chi connectivity index (χ3n) is 12.8. The second kappa shape index (κ2) is 13.6.